The molecular formula is C14H28N6O4S. The summed E-state index contributed by atoms with van der Waals surface area (Å²) in [5.74, 6) is -2.65. The Kier molecular flexibility index (Phi) is 10.6. The summed E-state index contributed by atoms with van der Waals surface area (Å²) in [4.78, 5) is 39.1. The number of guanidine groups is 1. The first kappa shape index (κ1) is 23.0. The monoisotopic (exact) mass is 376 g/mol. The van der Waals surface area contributed by atoms with Crippen molar-refractivity contribution in [2.45, 2.75) is 44.8 Å². The van der Waals surface area contributed by atoms with Crippen molar-refractivity contribution in [2.24, 2.45) is 28.1 Å². The second-order valence-electron chi connectivity index (χ2n) is 5.87. The summed E-state index contributed by atoms with van der Waals surface area (Å²) in [7, 11) is 0. The van der Waals surface area contributed by atoms with Crippen molar-refractivity contribution in [3.63, 3.8) is 0 Å². The molecule has 0 aromatic rings. The van der Waals surface area contributed by atoms with Crippen LogP contribution in [0.15, 0.2) is 4.99 Å². The molecule has 9 N–H and O–H groups in total. The van der Waals surface area contributed by atoms with Gasteiger partial charge in [0.15, 0.2) is 5.96 Å². The van der Waals surface area contributed by atoms with E-state index in [0.717, 1.165) is 0 Å². The van der Waals surface area contributed by atoms with Crippen LogP contribution in [0, 0.1) is 5.92 Å². The van der Waals surface area contributed by atoms with Gasteiger partial charge in [0, 0.05) is 12.3 Å². The Labute approximate surface area is 152 Å². The van der Waals surface area contributed by atoms with Gasteiger partial charge in [-0.3, -0.25) is 14.6 Å². The van der Waals surface area contributed by atoms with Crippen LogP contribution in [0.5, 0.6) is 0 Å². The molecule has 0 aliphatic rings. The lowest BCUT2D eigenvalue weighted by atomic mass is 10.0. The molecule has 0 heterocycles. The van der Waals surface area contributed by atoms with Gasteiger partial charge in [0.2, 0.25) is 11.8 Å². The minimum atomic E-state index is -1.15. The maximum Gasteiger partial charge on any atom is 0.326 e. The first-order valence-electron chi connectivity index (χ1n) is 7.85. The Morgan fingerprint density at radius 3 is 2.20 bits per heavy atom. The highest BCUT2D eigenvalue weighted by molar-refractivity contribution is 7.80. The lowest BCUT2D eigenvalue weighted by Gasteiger charge is -2.23. The van der Waals surface area contributed by atoms with Crippen LogP contribution in [0.2, 0.25) is 0 Å². The molecule has 0 aliphatic heterocycles. The number of aliphatic carboxylic acids is 1. The predicted octanol–water partition coefficient (Wildman–Crippen LogP) is -1.99. The molecule has 0 saturated carbocycles. The summed E-state index contributed by atoms with van der Waals surface area (Å²) in [6, 6.07) is -2.88. The van der Waals surface area contributed by atoms with E-state index < -0.39 is 35.9 Å². The molecule has 0 spiro atoms. The van der Waals surface area contributed by atoms with Gasteiger partial charge >= 0.3 is 5.97 Å². The van der Waals surface area contributed by atoms with Crippen molar-refractivity contribution in [1.82, 2.24) is 10.6 Å². The maximum atomic E-state index is 12.2. The molecule has 3 atom stereocenters. The van der Waals surface area contributed by atoms with Crippen molar-refractivity contribution < 1.29 is 19.5 Å². The van der Waals surface area contributed by atoms with Crippen LogP contribution in [-0.4, -0.2) is 59.3 Å². The molecular weight excluding hydrogens is 348 g/mol. The molecule has 0 fully saturated rings. The minimum Gasteiger partial charge on any atom is -0.480 e. The summed E-state index contributed by atoms with van der Waals surface area (Å²) >= 11 is 4.02. The van der Waals surface area contributed by atoms with E-state index in [2.05, 4.69) is 28.3 Å². The smallest absolute Gasteiger partial charge is 0.326 e. The van der Waals surface area contributed by atoms with E-state index in [0.29, 0.717) is 19.4 Å². The summed E-state index contributed by atoms with van der Waals surface area (Å²) in [5, 5.41) is 14.0. The Bertz CT molecular complexity index is 496. The van der Waals surface area contributed by atoms with Crippen LogP contribution in [0.4, 0.5) is 0 Å². The molecule has 0 saturated heterocycles. The van der Waals surface area contributed by atoms with Gasteiger partial charge in [-0.15, -0.1) is 0 Å². The molecule has 25 heavy (non-hydrogen) atoms. The molecule has 0 aliphatic carbocycles. The van der Waals surface area contributed by atoms with Gasteiger partial charge in [-0.2, -0.15) is 12.6 Å². The summed E-state index contributed by atoms with van der Waals surface area (Å²) < 4.78 is 0. The molecule has 2 amide bonds. The number of aliphatic imine (C=N–C) groups is 1. The largest absolute Gasteiger partial charge is 0.480 e. The molecule has 0 aromatic carbocycles. The predicted molar refractivity (Wildman–Crippen MR) is 98.1 cm³/mol. The third-order valence-electron chi connectivity index (χ3n) is 3.35. The number of hydrogen-bond donors (Lipinski definition) is 7. The quantitative estimate of drug-likeness (QED) is 0.0940. The zero-order chi connectivity index (χ0) is 19.6. The number of carboxylic acid groups (broad SMARTS) is 1. The van der Waals surface area contributed by atoms with Gasteiger partial charge in [-0.25, -0.2) is 4.79 Å². The van der Waals surface area contributed by atoms with Crippen molar-refractivity contribution in [3.05, 3.63) is 0 Å². The fraction of sp³-hybridized carbons (Fsp3) is 0.714. The van der Waals surface area contributed by atoms with Gasteiger partial charge in [0.1, 0.15) is 12.1 Å². The standard InChI is InChI=1S/C14H28N6O4S/c1-7(2)10(13(23)24)20-12(22)9(6-25)19-11(21)8(15)4-3-5-18-14(16)17/h7-10,25H,3-6,15H2,1-2H3,(H,19,21)(H,20,22)(H,23,24)(H4,16,17,18)/t8-,9-,10-/m0/s1. The third-order valence-corrected chi connectivity index (χ3v) is 3.72. The van der Waals surface area contributed by atoms with Crippen molar-refractivity contribution in [3.8, 4) is 0 Å². The van der Waals surface area contributed by atoms with Gasteiger partial charge in [0.05, 0.1) is 6.04 Å². The number of amides is 2. The number of nitrogens with two attached hydrogens (primary N) is 3. The van der Waals surface area contributed by atoms with E-state index in [1.54, 1.807) is 13.8 Å². The first-order chi connectivity index (χ1) is 11.6. The van der Waals surface area contributed by atoms with Crippen LogP contribution in [0.25, 0.3) is 0 Å². The average molecular weight is 376 g/mol. The molecule has 144 valence electrons. The Morgan fingerprint density at radius 2 is 1.76 bits per heavy atom. The highest BCUT2D eigenvalue weighted by atomic mass is 32.1. The van der Waals surface area contributed by atoms with Crippen molar-refractivity contribution in [2.75, 3.05) is 12.3 Å². The van der Waals surface area contributed by atoms with Gasteiger partial charge in [0.25, 0.3) is 0 Å². The van der Waals surface area contributed by atoms with Crippen LogP contribution in [0.1, 0.15) is 26.7 Å². The SMILES string of the molecule is CC(C)[C@H](NC(=O)[C@H](CS)NC(=O)[C@@H](N)CCCN=C(N)N)C(=O)O. The Morgan fingerprint density at radius 1 is 1.16 bits per heavy atom. The normalized spacial score (nSPS) is 14.3. The molecule has 0 rings (SSSR count). The van der Waals surface area contributed by atoms with Crippen LogP contribution in [0.3, 0.4) is 0 Å². The lowest BCUT2D eigenvalue weighted by molar-refractivity contribution is -0.143. The minimum absolute atomic E-state index is 0.00271. The van der Waals surface area contributed by atoms with Crippen LogP contribution >= 0.6 is 12.6 Å². The van der Waals surface area contributed by atoms with Gasteiger partial charge in [-0.1, -0.05) is 13.8 Å². The summed E-state index contributed by atoms with van der Waals surface area (Å²) in [6.45, 7) is 3.67. The maximum absolute atomic E-state index is 12.2. The second kappa shape index (κ2) is 11.5. The van der Waals surface area contributed by atoms with Crippen molar-refractivity contribution in [1.29, 1.82) is 0 Å². The van der Waals surface area contributed by atoms with E-state index in [4.69, 9.17) is 22.3 Å². The highest BCUT2D eigenvalue weighted by Gasteiger charge is 2.28. The zero-order valence-corrected chi connectivity index (χ0v) is 15.3. The fourth-order valence-corrected chi connectivity index (χ4v) is 2.15. The number of rotatable bonds is 11. The summed E-state index contributed by atoms with van der Waals surface area (Å²) in [6.07, 6.45) is 0.825. The Hall–Kier alpha value is -2.01. The number of nitrogens with zero attached hydrogens (tertiary/aromatic N) is 1. The van der Waals surface area contributed by atoms with E-state index >= 15 is 0 Å². The topological polar surface area (TPSA) is 186 Å². The van der Waals surface area contributed by atoms with E-state index in [9.17, 15) is 14.4 Å². The van der Waals surface area contributed by atoms with E-state index in [-0.39, 0.29) is 17.6 Å². The molecule has 0 bridgehead atoms. The van der Waals surface area contributed by atoms with Crippen LogP contribution < -0.4 is 27.8 Å². The van der Waals surface area contributed by atoms with Gasteiger partial charge < -0.3 is 32.9 Å². The molecule has 10 nitrogen and oxygen atoms in total. The summed E-state index contributed by atoms with van der Waals surface area (Å²) in [5.41, 5.74) is 16.1. The first-order valence-corrected chi connectivity index (χ1v) is 8.48. The molecule has 0 unspecified atom stereocenters. The fourth-order valence-electron chi connectivity index (χ4n) is 1.89. The molecule has 11 heteroatoms. The number of thiol groups is 1. The number of nitrogens with one attached hydrogen (secondary N) is 2. The third kappa shape index (κ3) is 9.15. The van der Waals surface area contributed by atoms with E-state index in [1.807, 2.05) is 0 Å². The average Bonchev–Trinajstić information content (AvgIpc) is 2.52. The number of carboxylic acids is 1. The molecule has 0 radical (unpaired) electrons. The zero-order valence-electron chi connectivity index (χ0n) is 14.4. The number of hydrogen-bond acceptors (Lipinski definition) is 6. The van der Waals surface area contributed by atoms with Crippen LogP contribution in [-0.2, 0) is 14.4 Å². The van der Waals surface area contributed by atoms with Gasteiger partial charge in [-0.05, 0) is 18.8 Å². The number of carbonyl (C=O) groups is 3. The molecule has 0 aromatic heterocycles. The lowest BCUT2D eigenvalue weighted by Crippen LogP contribution is -2.56. The highest BCUT2D eigenvalue weighted by Crippen LogP contribution is 2.03. The van der Waals surface area contributed by atoms with Crippen molar-refractivity contribution >= 4 is 36.4 Å². The Balaban J connectivity index is 4.59. The number of carbonyl (C=O) groups excluding carboxylic acids is 2. The van der Waals surface area contributed by atoms with E-state index in [1.165, 1.54) is 0 Å². The second-order valence-corrected chi connectivity index (χ2v) is 6.23.